The van der Waals surface area contributed by atoms with Crippen LogP contribution in [-0.2, 0) is 5.60 Å². The van der Waals surface area contributed by atoms with Crippen molar-refractivity contribution in [1.29, 1.82) is 5.26 Å². The standard InChI is InChI=1S/C26H24Cl2N4O3/c1-26(35,24-9-5-19(14-30-24)25(33)34)16-31-10-11-32(22-8-2-17(13-29)12-21(22)28)23(15-31)18-3-6-20(27)7-4-18/h2-9,12,14,23,35H,10-11,15-16H2,1H3,(H,33,34)/t23-,26+/m0/s1. The van der Waals surface area contributed by atoms with Crippen LogP contribution in [0.4, 0.5) is 5.69 Å². The molecule has 4 rings (SSSR count). The smallest absolute Gasteiger partial charge is 0.337 e. The van der Waals surface area contributed by atoms with Crippen LogP contribution in [0.3, 0.4) is 0 Å². The highest BCUT2D eigenvalue weighted by Gasteiger charge is 2.34. The first kappa shape index (κ1) is 25.0. The zero-order valence-electron chi connectivity index (χ0n) is 19.0. The van der Waals surface area contributed by atoms with Gasteiger partial charge in [0.05, 0.1) is 39.6 Å². The maximum atomic E-state index is 11.2. The number of aliphatic hydroxyl groups is 1. The van der Waals surface area contributed by atoms with E-state index in [9.17, 15) is 15.2 Å². The molecule has 1 saturated heterocycles. The van der Waals surface area contributed by atoms with Gasteiger partial charge in [-0.1, -0.05) is 35.3 Å². The molecule has 1 aromatic heterocycles. The predicted octanol–water partition coefficient (Wildman–Crippen LogP) is 4.73. The number of hydrogen-bond donors (Lipinski definition) is 2. The molecule has 0 saturated carbocycles. The van der Waals surface area contributed by atoms with Crippen LogP contribution in [-0.4, -0.2) is 52.2 Å². The van der Waals surface area contributed by atoms with Crippen LogP contribution in [0.1, 0.15) is 40.1 Å². The van der Waals surface area contributed by atoms with E-state index >= 15 is 0 Å². The Morgan fingerprint density at radius 3 is 2.51 bits per heavy atom. The number of nitrogens with zero attached hydrogens (tertiary/aromatic N) is 4. The number of halogens is 2. The Labute approximate surface area is 213 Å². The quantitative estimate of drug-likeness (QED) is 0.494. The monoisotopic (exact) mass is 510 g/mol. The Balaban J connectivity index is 1.60. The van der Waals surface area contributed by atoms with Gasteiger partial charge in [0.15, 0.2) is 0 Å². The maximum absolute atomic E-state index is 11.2. The summed E-state index contributed by atoms with van der Waals surface area (Å²) in [5.41, 5.74) is 1.57. The van der Waals surface area contributed by atoms with Crippen molar-refractivity contribution in [1.82, 2.24) is 9.88 Å². The summed E-state index contributed by atoms with van der Waals surface area (Å²) >= 11 is 12.7. The highest BCUT2D eigenvalue weighted by Crippen LogP contribution is 2.36. The topological polar surface area (TPSA) is 101 Å². The minimum absolute atomic E-state index is 0.0697. The van der Waals surface area contributed by atoms with Crippen LogP contribution in [0, 0.1) is 11.3 Å². The van der Waals surface area contributed by atoms with E-state index in [1.165, 1.54) is 12.3 Å². The number of aromatic carboxylic acids is 1. The molecular weight excluding hydrogens is 487 g/mol. The molecule has 0 radical (unpaired) electrons. The van der Waals surface area contributed by atoms with E-state index in [-0.39, 0.29) is 11.6 Å². The number of hydrogen-bond acceptors (Lipinski definition) is 6. The van der Waals surface area contributed by atoms with E-state index in [1.54, 1.807) is 25.1 Å². The van der Waals surface area contributed by atoms with Crippen LogP contribution in [0.25, 0.3) is 0 Å². The fraction of sp³-hybridized carbons (Fsp3) is 0.269. The SMILES string of the molecule is C[C@@](O)(CN1CCN(c2ccc(C#N)cc2Cl)[C@H](c2ccc(Cl)cc2)C1)c1ccc(C(=O)O)cn1. The number of β-amino-alcohol motifs (C(OH)–C–C–N with tert-alkyl or cyclic N) is 1. The van der Waals surface area contributed by atoms with Gasteiger partial charge in [-0.3, -0.25) is 9.88 Å². The third-order valence-electron chi connectivity index (χ3n) is 6.20. The van der Waals surface area contributed by atoms with Crippen LogP contribution in [0.5, 0.6) is 0 Å². The normalized spacial score (nSPS) is 18.0. The van der Waals surface area contributed by atoms with Gasteiger partial charge >= 0.3 is 5.97 Å². The molecule has 7 nitrogen and oxygen atoms in total. The first-order valence-corrected chi connectivity index (χ1v) is 11.8. The largest absolute Gasteiger partial charge is 0.478 e. The summed E-state index contributed by atoms with van der Waals surface area (Å²) in [6.45, 7) is 3.88. The lowest BCUT2D eigenvalue weighted by Crippen LogP contribution is -2.52. The van der Waals surface area contributed by atoms with Crippen LogP contribution < -0.4 is 4.90 Å². The van der Waals surface area contributed by atoms with E-state index < -0.39 is 11.6 Å². The van der Waals surface area contributed by atoms with Crippen molar-refractivity contribution in [2.24, 2.45) is 0 Å². The summed E-state index contributed by atoms with van der Waals surface area (Å²) in [5, 5.41) is 30.7. The lowest BCUT2D eigenvalue weighted by Gasteiger charge is -2.45. The Morgan fingerprint density at radius 2 is 1.91 bits per heavy atom. The predicted molar refractivity (Wildman–Crippen MR) is 135 cm³/mol. The van der Waals surface area contributed by atoms with Crippen molar-refractivity contribution < 1.29 is 15.0 Å². The maximum Gasteiger partial charge on any atom is 0.337 e. The third-order valence-corrected chi connectivity index (χ3v) is 6.75. The highest BCUT2D eigenvalue weighted by atomic mass is 35.5. The van der Waals surface area contributed by atoms with Gasteiger partial charge in [-0.25, -0.2) is 4.79 Å². The van der Waals surface area contributed by atoms with Crippen molar-refractivity contribution in [3.63, 3.8) is 0 Å². The van der Waals surface area contributed by atoms with Crippen LogP contribution in [0.2, 0.25) is 10.0 Å². The summed E-state index contributed by atoms with van der Waals surface area (Å²) in [5.74, 6) is -1.06. The molecule has 2 N–H and O–H groups in total. The van der Waals surface area contributed by atoms with Gasteiger partial charge in [0.1, 0.15) is 5.60 Å². The number of nitriles is 1. The molecular formula is C26H24Cl2N4O3. The van der Waals surface area contributed by atoms with Gasteiger partial charge in [0.2, 0.25) is 0 Å². The third kappa shape index (κ3) is 5.58. The molecule has 0 amide bonds. The molecule has 2 aromatic carbocycles. The average molecular weight is 511 g/mol. The van der Waals surface area contributed by atoms with Gasteiger partial charge in [-0.15, -0.1) is 0 Å². The summed E-state index contributed by atoms with van der Waals surface area (Å²) < 4.78 is 0. The number of carbonyl (C=O) groups is 1. The average Bonchev–Trinajstić information content (AvgIpc) is 2.84. The fourth-order valence-electron chi connectivity index (χ4n) is 4.41. The minimum atomic E-state index is -1.28. The van der Waals surface area contributed by atoms with Crippen molar-refractivity contribution in [3.05, 3.63) is 93.2 Å². The van der Waals surface area contributed by atoms with Gasteiger partial charge in [0, 0.05) is 37.4 Å². The van der Waals surface area contributed by atoms with Crippen molar-refractivity contribution in [2.75, 3.05) is 31.1 Å². The summed E-state index contributed by atoms with van der Waals surface area (Å²) in [4.78, 5) is 19.7. The summed E-state index contributed by atoms with van der Waals surface area (Å²) in [6, 6.07) is 18.0. The molecule has 1 aliphatic heterocycles. The molecule has 3 aromatic rings. The second-order valence-electron chi connectivity index (χ2n) is 8.78. The lowest BCUT2D eigenvalue weighted by molar-refractivity contribution is 0.00671. The zero-order chi connectivity index (χ0) is 25.2. The fourth-order valence-corrected chi connectivity index (χ4v) is 4.82. The Hall–Kier alpha value is -3.15. The van der Waals surface area contributed by atoms with Gasteiger partial charge < -0.3 is 15.1 Å². The summed E-state index contributed by atoms with van der Waals surface area (Å²) in [7, 11) is 0. The second-order valence-corrected chi connectivity index (χ2v) is 9.63. The zero-order valence-corrected chi connectivity index (χ0v) is 20.5. The van der Waals surface area contributed by atoms with Crippen molar-refractivity contribution in [2.45, 2.75) is 18.6 Å². The van der Waals surface area contributed by atoms with E-state index in [2.05, 4.69) is 20.9 Å². The Kier molecular flexibility index (Phi) is 7.29. The minimum Gasteiger partial charge on any atom is -0.478 e. The molecule has 35 heavy (non-hydrogen) atoms. The lowest BCUT2D eigenvalue weighted by atomic mass is 9.97. The number of pyridine rings is 1. The number of anilines is 1. The molecule has 1 fully saturated rings. The number of piperazine rings is 1. The molecule has 0 unspecified atom stereocenters. The van der Waals surface area contributed by atoms with Crippen molar-refractivity contribution >= 4 is 34.9 Å². The number of carboxylic acids is 1. The number of aromatic nitrogens is 1. The number of rotatable bonds is 6. The molecule has 2 atom stereocenters. The van der Waals surface area contributed by atoms with E-state index in [0.29, 0.717) is 47.5 Å². The Morgan fingerprint density at radius 1 is 1.17 bits per heavy atom. The highest BCUT2D eigenvalue weighted by molar-refractivity contribution is 6.33. The summed E-state index contributed by atoms with van der Waals surface area (Å²) in [6.07, 6.45) is 1.26. The number of benzene rings is 2. The molecule has 0 spiro atoms. The molecule has 2 heterocycles. The van der Waals surface area contributed by atoms with Gasteiger partial charge in [-0.05, 0) is 55.0 Å². The van der Waals surface area contributed by atoms with E-state index in [1.807, 2.05) is 30.3 Å². The molecule has 0 bridgehead atoms. The first-order chi connectivity index (χ1) is 16.7. The molecule has 0 aliphatic carbocycles. The van der Waals surface area contributed by atoms with Crippen LogP contribution in [0.15, 0.2) is 60.8 Å². The number of carboxylic acid groups (broad SMARTS) is 1. The first-order valence-electron chi connectivity index (χ1n) is 11.0. The Bertz CT molecular complexity index is 1260. The molecule has 180 valence electrons. The molecule has 1 aliphatic rings. The molecule has 9 heteroatoms. The van der Waals surface area contributed by atoms with Crippen LogP contribution >= 0.6 is 23.2 Å². The van der Waals surface area contributed by atoms with E-state index in [4.69, 9.17) is 28.3 Å². The van der Waals surface area contributed by atoms with E-state index in [0.717, 1.165) is 11.3 Å². The van der Waals surface area contributed by atoms with Gasteiger partial charge in [0.25, 0.3) is 0 Å². The second kappa shape index (κ2) is 10.2. The van der Waals surface area contributed by atoms with Gasteiger partial charge in [-0.2, -0.15) is 5.26 Å². The van der Waals surface area contributed by atoms with Crippen molar-refractivity contribution in [3.8, 4) is 6.07 Å².